The van der Waals surface area contributed by atoms with Gasteiger partial charge in [-0.3, -0.25) is 4.72 Å². The van der Waals surface area contributed by atoms with Gasteiger partial charge in [0.2, 0.25) is 0 Å². The van der Waals surface area contributed by atoms with Crippen molar-refractivity contribution in [1.82, 2.24) is 4.98 Å². The minimum absolute atomic E-state index is 0.0832. The number of halogens is 1. The average Bonchev–Trinajstić information content (AvgIpc) is 2.43. The predicted octanol–water partition coefficient (Wildman–Crippen LogP) is 2.24. The van der Waals surface area contributed by atoms with Crippen LogP contribution < -0.4 is 16.0 Å². The van der Waals surface area contributed by atoms with Gasteiger partial charge in [0, 0.05) is 16.7 Å². The number of nitrogens with one attached hydrogen (secondary N) is 2. The number of rotatable bonds is 4. The summed E-state index contributed by atoms with van der Waals surface area (Å²) < 4.78 is 28.0. The monoisotopic (exact) mass is 356 g/mol. The molecule has 0 amide bonds. The Kier molecular flexibility index (Phi) is 4.26. The Morgan fingerprint density at radius 1 is 1.25 bits per heavy atom. The maximum absolute atomic E-state index is 12.3. The summed E-state index contributed by atoms with van der Waals surface area (Å²) in [5.41, 5.74) is 3.65. The molecule has 0 unspecified atom stereocenters. The van der Waals surface area contributed by atoms with E-state index < -0.39 is 10.0 Å². The summed E-state index contributed by atoms with van der Waals surface area (Å²) in [7, 11) is -3.69. The quantitative estimate of drug-likeness (QED) is 0.576. The molecule has 0 spiro atoms. The molecule has 106 valence electrons. The van der Waals surface area contributed by atoms with E-state index >= 15 is 0 Å². The molecule has 4 N–H and O–H groups in total. The van der Waals surface area contributed by atoms with Crippen molar-refractivity contribution < 1.29 is 8.42 Å². The number of hydrazine groups is 1. The van der Waals surface area contributed by atoms with E-state index in [-0.39, 0.29) is 10.7 Å². The molecule has 8 heteroatoms. The number of sulfonamides is 1. The minimum atomic E-state index is -3.69. The molecule has 0 aliphatic carbocycles. The van der Waals surface area contributed by atoms with E-state index in [0.29, 0.717) is 5.69 Å². The second-order valence-electron chi connectivity index (χ2n) is 4.09. The van der Waals surface area contributed by atoms with Crippen LogP contribution in [0.2, 0.25) is 0 Å². The summed E-state index contributed by atoms with van der Waals surface area (Å²) in [6.07, 6.45) is 1.37. The minimum Gasteiger partial charge on any atom is -0.308 e. The van der Waals surface area contributed by atoms with Gasteiger partial charge in [0.25, 0.3) is 10.0 Å². The number of hydrogen-bond acceptors (Lipinski definition) is 5. The van der Waals surface area contributed by atoms with Crippen molar-refractivity contribution in [2.45, 2.75) is 11.8 Å². The number of aromatic nitrogens is 1. The lowest BCUT2D eigenvalue weighted by atomic mass is 10.2. The molecule has 2 rings (SSSR count). The summed E-state index contributed by atoms with van der Waals surface area (Å²) in [5, 5.41) is 0. The topological polar surface area (TPSA) is 97.1 Å². The fourth-order valence-electron chi connectivity index (χ4n) is 1.57. The van der Waals surface area contributed by atoms with Gasteiger partial charge in [-0.1, -0.05) is 22.0 Å². The summed E-state index contributed by atoms with van der Waals surface area (Å²) in [5.74, 6) is 5.50. The summed E-state index contributed by atoms with van der Waals surface area (Å²) in [6, 6.07) is 8.12. The molecule has 0 radical (unpaired) electrons. The highest BCUT2D eigenvalue weighted by atomic mass is 79.9. The molecule has 0 saturated carbocycles. The normalized spacial score (nSPS) is 11.2. The Morgan fingerprint density at radius 2 is 2.00 bits per heavy atom. The number of nitrogens with zero attached hydrogens (tertiary/aromatic N) is 1. The molecule has 0 aliphatic rings. The van der Waals surface area contributed by atoms with Crippen molar-refractivity contribution in [3.05, 3.63) is 46.6 Å². The van der Waals surface area contributed by atoms with E-state index in [1.165, 1.54) is 18.3 Å². The fourth-order valence-corrected chi connectivity index (χ4v) is 3.06. The maximum Gasteiger partial charge on any atom is 0.262 e. The first-order valence-electron chi connectivity index (χ1n) is 5.64. The molecule has 0 saturated heterocycles. The first-order valence-corrected chi connectivity index (χ1v) is 7.91. The number of anilines is 2. The van der Waals surface area contributed by atoms with E-state index in [9.17, 15) is 8.42 Å². The molecule has 6 nitrogen and oxygen atoms in total. The lowest BCUT2D eigenvalue weighted by Gasteiger charge is -2.11. The molecule has 20 heavy (non-hydrogen) atoms. The third kappa shape index (κ3) is 3.27. The Labute approximate surface area is 125 Å². The van der Waals surface area contributed by atoms with Crippen molar-refractivity contribution in [1.29, 1.82) is 0 Å². The van der Waals surface area contributed by atoms with Crippen LogP contribution in [-0.4, -0.2) is 13.4 Å². The number of aryl methyl sites for hydroxylation is 1. The van der Waals surface area contributed by atoms with E-state index in [4.69, 9.17) is 5.84 Å². The van der Waals surface area contributed by atoms with Gasteiger partial charge >= 0.3 is 0 Å². The Bertz CT molecular complexity index is 734. The van der Waals surface area contributed by atoms with Crippen molar-refractivity contribution in [3.8, 4) is 0 Å². The zero-order valence-electron chi connectivity index (χ0n) is 10.6. The highest BCUT2D eigenvalue weighted by Crippen LogP contribution is 2.24. The van der Waals surface area contributed by atoms with Gasteiger partial charge in [0.15, 0.2) is 0 Å². The Hall–Kier alpha value is -1.64. The third-order valence-corrected chi connectivity index (χ3v) is 4.49. The van der Waals surface area contributed by atoms with Crippen molar-refractivity contribution >= 4 is 37.5 Å². The highest BCUT2D eigenvalue weighted by molar-refractivity contribution is 9.10. The smallest absolute Gasteiger partial charge is 0.262 e. The average molecular weight is 357 g/mol. The lowest BCUT2D eigenvalue weighted by Crippen LogP contribution is -2.15. The number of benzene rings is 1. The fraction of sp³-hybridized carbons (Fsp3) is 0.0833. The van der Waals surface area contributed by atoms with E-state index in [1.54, 1.807) is 6.07 Å². The second kappa shape index (κ2) is 5.78. The molecule has 2 aromatic rings. The van der Waals surface area contributed by atoms with Crippen LogP contribution >= 0.6 is 15.9 Å². The van der Waals surface area contributed by atoms with Gasteiger partial charge in [0.05, 0.1) is 10.6 Å². The standard InChI is InChI=1S/C12H13BrN4O2S/c1-8-2-3-9(13)6-11(8)17-20(18,19)10-4-5-15-12(7-10)16-14/h2-7,17H,14H2,1H3,(H,15,16). The molecule has 1 aromatic carbocycles. The van der Waals surface area contributed by atoms with E-state index in [0.717, 1.165) is 10.0 Å². The third-order valence-electron chi connectivity index (χ3n) is 2.63. The van der Waals surface area contributed by atoms with Gasteiger partial charge < -0.3 is 5.43 Å². The molecular formula is C12H13BrN4O2S. The van der Waals surface area contributed by atoms with Crippen LogP contribution in [-0.2, 0) is 10.0 Å². The number of pyridine rings is 1. The van der Waals surface area contributed by atoms with Crippen LogP contribution in [0.1, 0.15) is 5.56 Å². The Morgan fingerprint density at radius 3 is 2.70 bits per heavy atom. The second-order valence-corrected chi connectivity index (χ2v) is 6.68. The van der Waals surface area contributed by atoms with Gasteiger partial charge in [0.1, 0.15) is 5.82 Å². The summed E-state index contributed by atoms with van der Waals surface area (Å²) in [6.45, 7) is 1.82. The summed E-state index contributed by atoms with van der Waals surface area (Å²) >= 11 is 3.31. The first kappa shape index (κ1) is 14.8. The van der Waals surface area contributed by atoms with E-state index in [2.05, 4.69) is 31.1 Å². The zero-order chi connectivity index (χ0) is 14.8. The first-order chi connectivity index (χ1) is 9.42. The van der Waals surface area contributed by atoms with Gasteiger partial charge in [-0.25, -0.2) is 19.2 Å². The number of hydrogen-bond donors (Lipinski definition) is 3. The molecule has 0 atom stereocenters. The highest BCUT2D eigenvalue weighted by Gasteiger charge is 2.16. The number of nitrogen functional groups attached to an aromatic ring is 1. The number of nitrogens with two attached hydrogens (primary N) is 1. The largest absolute Gasteiger partial charge is 0.308 e. The Balaban J connectivity index is 2.38. The predicted molar refractivity (Wildman–Crippen MR) is 81.7 cm³/mol. The van der Waals surface area contributed by atoms with Crippen molar-refractivity contribution in [3.63, 3.8) is 0 Å². The van der Waals surface area contributed by atoms with Crippen LogP contribution in [0.5, 0.6) is 0 Å². The van der Waals surface area contributed by atoms with Crippen molar-refractivity contribution in [2.75, 3.05) is 10.1 Å². The van der Waals surface area contributed by atoms with Gasteiger partial charge in [-0.15, -0.1) is 0 Å². The zero-order valence-corrected chi connectivity index (χ0v) is 13.0. The van der Waals surface area contributed by atoms with Crippen molar-refractivity contribution in [2.24, 2.45) is 5.84 Å². The maximum atomic E-state index is 12.3. The SMILES string of the molecule is Cc1ccc(Br)cc1NS(=O)(=O)c1ccnc(NN)c1. The molecule has 1 heterocycles. The van der Waals surface area contributed by atoms with E-state index in [1.807, 2.05) is 19.1 Å². The molecule has 0 bridgehead atoms. The summed E-state index contributed by atoms with van der Waals surface area (Å²) in [4.78, 5) is 3.96. The van der Waals surface area contributed by atoms with Crippen LogP contribution in [0, 0.1) is 6.92 Å². The molecular weight excluding hydrogens is 344 g/mol. The van der Waals surface area contributed by atoms with Gasteiger partial charge in [-0.2, -0.15) is 0 Å². The lowest BCUT2D eigenvalue weighted by molar-refractivity contribution is 0.601. The molecule has 0 aliphatic heterocycles. The van der Waals surface area contributed by atoms with Crippen LogP contribution in [0.4, 0.5) is 11.5 Å². The molecule has 0 fully saturated rings. The van der Waals surface area contributed by atoms with Crippen LogP contribution in [0.3, 0.4) is 0 Å². The van der Waals surface area contributed by atoms with Gasteiger partial charge in [-0.05, 0) is 30.7 Å². The van der Waals surface area contributed by atoms with Crippen LogP contribution in [0.25, 0.3) is 0 Å². The molecule has 1 aromatic heterocycles. The van der Waals surface area contributed by atoms with Crippen LogP contribution in [0.15, 0.2) is 45.9 Å².